The van der Waals surface area contributed by atoms with E-state index >= 15 is 0 Å². The van der Waals surface area contributed by atoms with Crippen molar-refractivity contribution in [3.8, 4) is 0 Å². The number of imidazole rings is 1. The molecule has 0 saturated carbocycles. The van der Waals surface area contributed by atoms with Gasteiger partial charge < -0.3 is 20.2 Å². The minimum Gasteiger partial charge on any atom is -0.445 e. The van der Waals surface area contributed by atoms with E-state index in [1.165, 1.54) is 11.1 Å². The molecule has 9 heteroatoms. The second kappa shape index (κ2) is 13.9. The number of alkyl carbamates (subject to hydrolysis) is 1. The third-order valence-corrected chi connectivity index (χ3v) is 6.28. The molecule has 0 spiro atoms. The highest BCUT2D eigenvalue weighted by molar-refractivity contribution is 5.93. The summed E-state index contributed by atoms with van der Waals surface area (Å²) < 4.78 is 6.77. The van der Waals surface area contributed by atoms with E-state index in [0.717, 1.165) is 22.2 Å². The summed E-state index contributed by atoms with van der Waals surface area (Å²) in [6.45, 7) is 3.71. The Balaban J connectivity index is 1.43. The number of aromatic nitrogens is 2. The molecule has 0 saturated heterocycles. The van der Waals surface area contributed by atoms with Crippen molar-refractivity contribution >= 4 is 28.8 Å². The van der Waals surface area contributed by atoms with E-state index in [4.69, 9.17) is 9.57 Å². The zero-order chi connectivity index (χ0) is 28.3. The maximum absolute atomic E-state index is 13.4. The second-order valence-corrected chi connectivity index (χ2v) is 9.94. The van der Waals surface area contributed by atoms with Crippen molar-refractivity contribution in [1.29, 1.82) is 0 Å². The normalized spacial score (nSPS) is 12.5. The van der Waals surface area contributed by atoms with Crippen molar-refractivity contribution < 1.29 is 24.0 Å². The van der Waals surface area contributed by atoms with E-state index in [1.54, 1.807) is 0 Å². The molecule has 3 aromatic carbocycles. The molecule has 1 heterocycles. The third-order valence-electron chi connectivity index (χ3n) is 6.28. The number of para-hydroxylation sites is 2. The zero-order valence-corrected chi connectivity index (χ0v) is 22.7. The number of nitrogens with zero attached hydrogens (tertiary/aromatic N) is 2. The van der Waals surface area contributed by atoms with Gasteiger partial charge in [-0.05, 0) is 42.0 Å². The van der Waals surface area contributed by atoms with E-state index < -0.39 is 24.1 Å². The quantitative estimate of drug-likeness (QED) is 0.263. The van der Waals surface area contributed by atoms with Crippen LogP contribution in [0.25, 0.3) is 11.0 Å². The van der Waals surface area contributed by atoms with Crippen molar-refractivity contribution in [3.63, 3.8) is 0 Å². The number of ketones is 1. The summed E-state index contributed by atoms with van der Waals surface area (Å²) >= 11 is 0. The van der Waals surface area contributed by atoms with Crippen molar-refractivity contribution in [2.45, 2.75) is 45.4 Å². The monoisotopic (exact) mass is 542 g/mol. The fourth-order valence-corrected chi connectivity index (χ4v) is 4.25. The Hall–Kier alpha value is -4.66. The number of amides is 2. The Labute approximate surface area is 233 Å². The van der Waals surface area contributed by atoms with Crippen LogP contribution in [0.5, 0.6) is 0 Å². The fourth-order valence-electron chi connectivity index (χ4n) is 4.25. The molecule has 40 heavy (non-hydrogen) atoms. The lowest BCUT2D eigenvalue weighted by molar-refractivity contribution is -0.131. The smallest absolute Gasteiger partial charge is 0.408 e. The molecule has 0 aliphatic carbocycles. The van der Waals surface area contributed by atoms with Crippen molar-refractivity contribution in [2.75, 3.05) is 6.61 Å². The van der Waals surface area contributed by atoms with Crippen LogP contribution >= 0.6 is 0 Å². The summed E-state index contributed by atoms with van der Waals surface area (Å²) in [6, 6.07) is 24.4. The van der Waals surface area contributed by atoms with Gasteiger partial charge in [0.05, 0.1) is 11.6 Å². The number of fused-ring (bicyclic) bond motifs is 1. The number of hydrogen-bond acceptors (Lipinski definition) is 6. The van der Waals surface area contributed by atoms with E-state index in [0.29, 0.717) is 6.42 Å². The topological polar surface area (TPSA) is 112 Å². The first kappa shape index (κ1) is 28.4. The molecule has 0 aliphatic heterocycles. The summed E-state index contributed by atoms with van der Waals surface area (Å²) in [6.07, 6.45) is 1.44. The third kappa shape index (κ3) is 8.17. The summed E-state index contributed by atoms with van der Waals surface area (Å²) in [7, 11) is 0. The van der Waals surface area contributed by atoms with Gasteiger partial charge >= 0.3 is 6.09 Å². The van der Waals surface area contributed by atoms with E-state index in [2.05, 4.69) is 15.6 Å². The number of nitrogens with one attached hydrogen (secondary N) is 2. The Kier molecular flexibility index (Phi) is 9.88. The van der Waals surface area contributed by atoms with E-state index in [1.807, 2.05) is 98.8 Å². The predicted molar refractivity (Wildman–Crippen MR) is 151 cm³/mol. The lowest BCUT2D eigenvalue weighted by atomic mass is 10.00. The van der Waals surface area contributed by atoms with Crippen LogP contribution in [0.3, 0.4) is 0 Å². The van der Waals surface area contributed by atoms with Gasteiger partial charge in [0.1, 0.15) is 24.5 Å². The number of hydrogen-bond donors (Lipinski definition) is 2. The molecular formula is C31H34N4O5. The average molecular weight is 543 g/mol. The van der Waals surface area contributed by atoms with Crippen molar-refractivity contribution in [3.05, 3.63) is 102 Å². The Morgan fingerprint density at radius 3 is 2.17 bits per heavy atom. The molecule has 4 aromatic rings. The van der Waals surface area contributed by atoms with Gasteiger partial charge in [0.2, 0.25) is 5.91 Å². The summed E-state index contributed by atoms with van der Waals surface area (Å²) in [5.41, 5.74) is 3.19. The van der Waals surface area contributed by atoms with Gasteiger partial charge in [-0.1, -0.05) is 86.6 Å². The number of Topliss-reactive ketones (excluding diaryl/α,β-unsaturated/α-hetero) is 1. The van der Waals surface area contributed by atoms with Crippen LogP contribution < -0.4 is 15.5 Å². The molecule has 0 radical (unpaired) electrons. The van der Waals surface area contributed by atoms with Crippen LogP contribution in [-0.4, -0.2) is 46.2 Å². The van der Waals surface area contributed by atoms with Crippen LogP contribution in [-0.2, 0) is 27.4 Å². The highest BCUT2D eigenvalue weighted by Gasteiger charge is 2.28. The summed E-state index contributed by atoms with van der Waals surface area (Å²) in [5.74, 6) is -0.677. The van der Waals surface area contributed by atoms with Gasteiger partial charge in [0.15, 0.2) is 12.4 Å². The van der Waals surface area contributed by atoms with Crippen LogP contribution in [0.15, 0.2) is 91.3 Å². The zero-order valence-electron chi connectivity index (χ0n) is 22.7. The first-order chi connectivity index (χ1) is 19.4. The first-order valence-corrected chi connectivity index (χ1v) is 13.3. The minimum absolute atomic E-state index is 0.0814. The molecule has 9 nitrogen and oxygen atoms in total. The lowest BCUT2D eigenvalue weighted by Gasteiger charge is -2.24. The number of carbonyl (C=O) groups excluding carboxylic acids is 3. The van der Waals surface area contributed by atoms with Crippen molar-refractivity contribution in [1.82, 2.24) is 20.3 Å². The molecular weight excluding hydrogens is 508 g/mol. The molecule has 0 fully saturated rings. The highest BCUT2D eigenvalue weighted by atomic mass is 16.7. The minimum atomic E-state index is -0.882. The van der Waals surface area contributed by atoms with Crippen LogP contribution in [0, 0.1) is 5.92 Å². The maximum Gasteiger partial charge on any atom is 0.408 e. The number of benzene rings is 3. The van der Waals surface area contributed by atoms with E-state index in [9.17, 15) is 14.4 Å². The van der Waals surface area contributed by atoms with Crippen molar-refractivity contribution in [2.24, 2.45) is 5.92 Å². The van der Waals surface area contributed by atoms with Gasteiger partial charge in [-0.3, -0.25) is 9.59 Å². The number of carbonyl (C=O) groups is 3. The van der Waals surface area contributed by atoms with Crippen LogP contribution in [0.4, 0.5) is 4.79 Å². The molecule has 2 amide bonds. The summed E-state index contributed by atoms with van der Waals surface area (Å²) in [5, 5.41) is 5.53. The average Bonchev–Trinajstić information content (AvgIpc) is 3.38. The van der Waals surface area contributed by atoms with Crippen LogP contribution in [0.2, 0.25) is 0 Å². The molecule has 4 rings (SSSR count). The Bertz CT molecular complexity index is 1410. The fraction of sp³-hybridized carbons (Fsp3) is 0.290. The van der Waals surface area contributed by atoms with Crippen LogP contribution in [0.1, 0.15) is 31.4 Å². The molecule has 208 valence electrons. The van der Waals surface area contributed by atoms with Gasteiger partial charge in [-0.2, -0.15) is 4.73 Å². The molecule has 2 atom stereocenters. The maximum atomic E-state index is 13.4. The molecule has 0 bridgehead atoms. The standard InChI is InChI=1S/C31H34N4O5/c1-22(2)17-27(34-31(38)39-19-24-13-7-4-8-14-24)30(37)33-26(18-23-11-5-3-6-12-23)29(36)20-40-35-21-32-25-15-9-10-16-28(25)35/h3-16,21-22,26-27H,17-20H2,1-2H3,(H,33,37)(H,34,38)/t26-,27-/m0/s1. The molecule has 0 aliphatic rings. The highest BCUT2D eigenvalue weighted by Crippen LogP contribution is 2.12. The lowest BCUT2D eigenvalue weighted by Crippen LogP contribution is -2.53. The Morgan fingerprint density at radius 2 is 1.48 bits per heavy atom. The summed E-state index contributed by atoms with van der Waals surface area (Å²) in [4.78, 5) is 49.3. The first-order valence-electron chi connectivity index (χ1n) is 13.3. The second-order valence-electron chi connectivity index (χ2n) is 9.94. The predicted octanol–water partition coefficient (Wildman–Crippen LogP) is 4.10. The van der Waals surface area contributed by atoms with E-state index in [-0.39, 0.29) is 31.3 Å². The van der Waals surface area contributed by atoms with Gasteiger partial charge in [0.25, 0.3) is 0 Å². The number of rotatable bonds is 13. The largest absolute Gasteiger partial charge is 0.445 e. The molecule has 2 N–H and O–H groups in total. The Morgan fingerprint density at radius 1 is 0.825 bits per heavy atom. The van der Waals surface area contributed by atoms with Gasteiger partial charge in [-0.25, -0.2) is 9.78 Å². The number of ether oxygens (including phenoxy) is 1. The van der Waals surface area contributed by atoms with Gasteiger partial charge in [0, 0.05) is 0 Å². The molecule has 1 aromatic heterocycles. The SMILES string of the molecule is CC(C)C[C@H](NC(=O)OCc1ccccc1)C(=O)N[C@@H](Cc1ccccc1)C(=O)COn1cnc2ccccc21. The molecule has 0 unspecified atom stereocenters. The van der Waals surface area contributed by atoms with Gasteiger partial charge in [-0.15, -0.1) is 0 Å².